The molecule has 3 aliphatic rings. The van der Waals surface area contributed by atoms with Gasteiger partial charge in [0.25, 0.3) is 0 Å². The van der Waals surface area contributed by atoms with Gasteiger partial charge in [-0.25, -0.2) is 0 Å². The summed E-state index contributed by atoms with van der Waals surface area (Å²) in [5.74, 6) is 1.57. The Morgan fingerprint density at radius 3 is 3.09 bits per heavy atom. The second kappa shape index (κ2) is 4.83. The molecule has 1 spiro atoms. The highest BCUT2D eigenvalue weighted by atomic mass is 16.5. The molecule has 4 rings (SSSR count). The minimum Gasteiger partial charge on any atom is -0.494 e. The van der Waals surface area contributed by atoms with E-state index < -0.39 is 0 Å². The predicted octanol–water partition coefficient (Wildman–Crippen LogP) is 3.07. The number of hydrogen-bond donors (Lipinski definition) is 0. The first kappa shape index (κ1) is 13.8. The van der Waals surface area contributed by atoms with Crippen LogP contribution in [0.25, 0.3) is 0 Å². The molecule has 0 radical (unpaired) electrons. The fourth-order valence-corrected chi connectivity index (χ4v) is 4.73. The molecule has 0 aromatic heterocycles. The summed E-state index contributed by atoms with van der Waals surface area (Å²) < 4.78 is 5.53. The van der Waals surface area contributed by atoms with Crippen LogP contribution in [0, 0.1) is 5.92 Å². The van der Waals surface area contributed by atoms with Gasteiger partial charge in [0.2, 0.25) is 5.91 Å². The SMILES string of the molecule is COc1cccc2c1N=C1CCC[C@H]3CN(C(C)=O)CC[C@]123. The number of carbonyl (C=O) groups excluding carboxylic acids is 1. The molecule has 116 valence electrons. The lowest BCUT2D eigenvalue weighted by Gasteiger charge is -2.49. The maximum Gasteiger partial charge on any atom is 0.219 e. The van der Waals surface area contributed by atoms with Crippen LogP contribution in [0.2, 0.25) is 0 Å². The highest BCUT2D eigenvalue weighted by molar-refractivity contribution is 6.04. The Kier molecular flexibility index (Phi) is 3.03. The van der Waals surface area contributed by atoms with E-state index in [9.17, 15) is 4.79 Å². The van der Waals surface area contributed by atoms with Crippen LogP contribution in [0.5, 0.6) is 5.75 Å². The fourth-order valence-electron chi connectivity index (χ4n) is 4.73. The lowest BCUT2D eigenvalue weighted by atomic mass is 9.59. The second-order valence-electron chi connectivity index (χ2n) is 6.69. The Morgan fingerprint density at radius 1 is 1.45 bits per heavy atom. The van der Waals surface area contributed by atoms with Crippen molar-refractivity contribution in [1.29, 1.82) is 0 Å². The van der Waals surface area contributed by atoms with E-state index in [2.05, 4.69) is 12.1 Å². The van der Waals surface area contributed by atoms with Crippen molar-refractivity contribution in [2.24, 2.45) is 10.9 Å². The highest BCUT2D eigenvalue weighted by Crippen LogP contribution is 2.56. The lowest BCUT2D eigenvalue weighted by Crippen LogP contribution is -2.55. The van der Waals surface area contributed by atoms with Crippen molar-refractivity contribution in [1.82, 2.24) is 4.90 Å². The third-order valence-electron chi connectivity index (χ3n) is 5.79. The Hall–Kier alpha value is -1.84. The zero-order valence-electron chi connectivity index (χ0n) is 13.3. The monoisotopic (exact) mass is 298 g/mol. The number of para-hydroxylation sites is 1. The summed E-state index contributed by atoms with van der Waals surface area (Å²) in [6.45, 7) is 3.38. The van der Waals surface area contributed by atoms with E-state index >= 15 is 0 Å². The van der Waals surface area contributed by atoms with Crippen molar-refractivity contribution in [3.05, 3.63) is 23.8 Å². The molecule has 4 heteroatoms. The number of hydrogen-bond acceptors (Lipinski definition) is 3. The predicted molar refractivity (Wildman–Crippen MR) is 86.0 cm³/mol. The molecule has 1 aromatic carbocycles. The average molecular weight is 298 g/mol. The topological polar surface area (TPSA) is 41.9 Å². The Balaban J connectivity index is 1.82. The number of rotatable bonds is 1. The van der Waals surface area contributed by atoms with E-state index in [4.69, 9.17) is 9.73 Å². The zero-order valence-corrected chi connectivity index (χ0v) is 13.3. The molecule has 4 nitrogen and oxygen atoms in total. The van der Waals surface area contributed by atoms with Crippen LogP contribution >= 0.6 is 0 Å². The number of carbonyl (C=O) groups is 1. The number of aliphatic imine (C=N–C) groups is 1. The molecule has 2 heterocycles. The Morgan fingerprint density at radius 2 is 2.32 bits per heavy atom. The van der Waals surface area contributed by atoms with Gasteiger partial charge in [-0.05, 0) is 43.2 Å². The van der Waals surface area contributed by atoms with Gasteiger partial charge in [-0.1, -0.05) is 12.1 Å². The minimum atomic E-state index is 0.0497. The van der Waals surface area contributed by atoms with Gasteiger partial charge in [-0.3, -0.25) is 9.79 Å². The molecular formula is C18H22N2O2. The highest BCUT2D eigenvalue weighted by Gasteiger charge is 2.53. The molecule has 2 atom stereocenters. The summed E-state index contributed by atoms with van der Waals surface area (Å²) in [6.07, 6.45) is 4.43. The van der Waals surface area contributed by atoms with E-state index in [1.165, 1.54) is 24.1 Å². The van der Waals surface area contributed by atoms with Crippen LogP contribution in [-0.2, 0) is 10.2 Å². The second-order valence-corrected chi connectivity index (χ2v) is 6.69. The molecule has 0 bridgehead atoms. The third kappa shape index (κ3) is 1.70. The first-order chi connectivity index (χ1) is 10.7. The zero-order chi connectivity index (χ0) is 15.3. The molecule has 2 aliphatic heterocycles. The van der Waals surface area contributed by atoms with Gasteiger partial charge in [0, 0.05) is 31.1 Å². The van der Waals surface area contributed by atoms with Gasteiger partial charge in [0.05, 0.1) is 7.11 Å². The standard InChI is InChI=1S/C18H22N2O2/c1-12(21)20-10-9-18-13(11-20)5-3-8-16(18)19-17-14(18)6-4-7-15(17)22-2/h4,6-7,13H,3,5,8-11H2,1-2H3/t13-,18+/m0/s1. The minimum absolute atomic E-state index is 0.0497. The van der Waals surface area contributed by atoms with Crippen LogP contribution in [0.3, 0.4) is 0 Å². The van der Waals surface area contributed by atoms with Crippen molar-refractivity contribution in [2.45, 2.75) is 38.0 Å². The molecular weight excluding hydrogens is 276 g/mol. The maximum atomic E-state index is 11.8. The van der Waals surface area contributed by atoms with Gasteiger partial charge >= 0.3 is 0 Å². The van der Waals surface area contributed by atoms with Gasteiger partial charge in [-0.2, -0.15) is 0 Å². The maximum absolute atomic E-state index is 11.8. The molecule has 1 amide bonds. The molecule has 1 saturated carbocycles. The first-order valence-corrected chi connectivity index (χ1v) is 8.18. The number of ether oxygens (including phenoxy) is 1. The summed E-state index contributed by atoms with van der Waals surface area (Å²) in [5, 5.41) is 0. The summed E-state index contributed by atoms with van der Waals surface area (Å²) in [6, 6.07) is 6.29. The number of fused-ring (bicyclic) bond motifs is 1. The van der Waals surface area contributed by atoms with Crippen molar-refractivity contribution in [3.8, 4) is 5.75 Å². The summed E-state index contributed by atoms with van der Waals surface area (Å²) >= 11 is 0. The summed E-state index contributed by atoms with van der Waals surface area (Å²) in [4.78, 5) is 18.8. The molecule has 1 aromatic rings. The van der Waals surface area contributed by atoms with E-state index in [0.29, 0.717) is 5.92 Å². The lowest BCUT2D eigenvalue weighted by molar-refractivity contribution is -0.131. The van der Waals surface area contributed by atoms with E-state index in [1.54, 1.807) is 14.0 Å². The number of benzene rings is 1. The van der Waals surface area contributed by atoms with Gasteiger partial charge in [-0.15, -0.1) is 0 Å². The smallest absolute Gasteiger partial charge is 0.219 e. The number of piperidine rings is 1. The normalized spacial score (nSPS) is 29.3. The Bertz CT molecular complexity index is 667. The molecule has 1 saturated heterocycles. The number of nitrogens with zero attached hydrogens (tertiary/aromatic N) is 2. The largest absolute Gasteiger partial charge is 0.494 e. The van der Waals surface area contributed by atoms with E-state index in [1.807, 2.05) is 11.0 Å². The van der Waals surface area contributed by atoms with Crippen molar-refractivity contribution >= 4 is 17.3 Å². The van der Waals surface area contributed by atoms with Gasteiger partial charge < -0.3 is 9.64 Å². The molecule has 0 unspecified atom stereocenters. The van der Waals surface area contributed by atoms with Crippen LogP contribution in [0.1, 0.15) is 38.2 Å². The van der Waals surface area contributed by atoms with Gasteiger partial charge in [0.1, 0.15) is 11.4 Å². The van der Waals surface area contributed by atoms with Crippen molar-refractivity contribution in [2.75, 3.05) is 20.2 Å². The van der Waals surface area contributed by atoms with Crippen LogP contribution < -0.4 is 4.74 Å². The summed E-state index contributed by atoms with van der Waals surface area (Å²) in [7, 11) is 1.71. The molecule has 1 aliphatic carbocycles. The van der Waals surface area contributed by atoms with E-state index in [-0.39, 0.29) is 11.3 Å². The first-order valence-electron chi connectivity index (χ1n) is 8.18. The molecule has 22 heavy (non-hydrogen) atoms. The fraction of sp³-hybridized carbons (Fsp3) is 0.556. The number of likely N-dealkylation sites (tertiary alicyclic amines) is 1. The van der Waals surface area contributed by atoms with E-state index in [0.717, 1.165) is 37.4 Å². The quantitative estimate of drug-likeness (QED) is 0.799. The average Bonchev–Trinajstić information content (AvgIpc) is 2.87. The number of amides is 1. The number of methoxy groups -OCH3 is 1. The van der Waals surface area contributed by atoms with Gasteiger partial charge in [0.15, 0.2) is 0 Å². The van der Waals surface area contributed by atoms with Crippen LogP contribution in [0.15, 0.2) is 23.2 Å². The van der Waals surface area contributed by atoms with Crippen LogP contribution in [-0.4, -0.2) is 36.7 Å². The molecule has 0 N–H and O–H groups in total. The third-order valence-corrected chi connectivity index (χ3v) is 5.79. The molecule has 2 fully saturated rings. The summed E-state index contributed by atoms with van der Waals surface area (Å²) in [5.41, 5.74) is 3.73. The Labute approximate surface area is 131 Å². The van der Waals surface area contributed by atoms with Crippen LogP contribution in [0.4, 0.5) is 5.69 Å². The van der Waals surface area contributed by atoms with Crippen molar-refractivity contribution in [3.63, 3.8) is 0 Å². The van der Waals surface area contributed by atoms with Crippen molar-refractivity contribution < 1.29 is 9.53 Å².